The van der Waals surface area contributed by atoms with Crippen molar-refractivity contribution >= 4 is 35.1 Å². The summed E-state index contributed by atoms with van der Waals surface area (Å²) < 4.78 is 22.7. The Labute approximate surface area is 160 Å². The summed E-state index contributed by atoms with van der Waals surface area (Å²) in [5.41, 5.74) is 0.879. The molecule has 0 bridgehead atoms. The first-order valence-electron chi connectivity index (χ1n) is 7.94. The molecule has 142 valence electrons. The number of ether oxygens (including phenoxy) is 2. The summed E-state index contributed by atoms with van der Waals surface area (Å²) in [6.45, 7) is -0.368. The number of Topliss-reactive ketones (excluding diaryl/α,β-unsaturated/α-hetero) is 1. The molecular weight excluding hydrogens is 373 g/mol. The fourth-order valence-electron chi connectivity index (χ4n) is 2.01. The van der Waals surface area contributed by atoms with Crippen LogP contribution in [0.25, 0.3) is 0 Å². The molecule has 1 amide bonds. The minimum Gasteiger partial charge on any atom is -0.497 e. The van der Waals surface area contributed by atoms with Gasteiger partial charge in [0.15, 0.2) is 12.4 Å². The maximum atomic E-state index is 12.8. The fourth-order valence-corrected chi connectivity index (χ4v) is 2.61. The van der Waals surface area contributed by atoms with E-state index in [1.54, 1.807) is 24.3 Å². The lowest BCUT2D eigenvalue weighted by molar-refractivity contribution is -0.139. The fraction of sp³-hybridized carbons (Fsp3) is 0.211. The monoisotopic (exact) mass is 391 g/mol. The van der Waals surface area contributed by atoms with Crippen LogP contribution in [0.4, 0.5) is 10.1 Å². The van der Waals surface area contributed by atoms with E-state index in [1.807, 2.05) is 0 Å². The van der Waals surface area contributed by atoms with E-state index >= 15 is 0 Å². The maximum absolute atomic E-state index is 12.8. The number of hydrogen-bond donors (Lipinski definition) is 1. The first-order valence-corrected chi connectivity index (χ1v) is 9.09. The van der Waals surface area contributed by atoms with Gasteiger partial charge in [0.1, 0.15) is 11.6 Å². The highest BCUT2D eigenvalue weighted by molar-refractivity contribution is 8.00. The van der Waals surface area contributed by atoms with Crippen LogP contribution in [-0.2, 0) is 14.3 Å². The zero-order valence-corrected chi connectivity index (χ0v) is 15.4. The highest BCUT2D eigenvalue weighted by Gasteiger charge is 2.11. The molecule has 0 aromatic heterocycles. The van der Waals surface area contributed by atoms with E-state index in [1.165, 1.54) is 31.4 Å². The Bertz CT molecular complexity index is 793. The third kappa shape index (κ3) is 7.10. The first kappa shape index (κ1) is 20.4. The topological polar surface area (TPSA) is 81.7 Å². The number of amides is 1. The molecular formula is C19H18FNO5S. The molecule has 0 saturated carbocycles. The van der Waals surface area contributed by atoms with Crippen LogP contribution >= 0.6 is 11.8 Å². The van der Waals surface area contributed by atoms with Gasteiger partial charge in [0, 0.05) is 11.3 Å². The van der Waals surface area contributed by atoms with Crippen LogP contribution in [0.5, 0.6) is 5.75 Å². The van der Waals surface area contributed by atoms with Crippen molar-refractivity contribution in [3.63, 3.8) is 0 Å². The molecule has 0 saturated heterocycles. The van der Waals surface area contributed by atoms with E-state index in [4.69, 9.17) is 9.47 Å². The zero-order valence-electron chi connectivity index (χ0n) is 14.6. The number of anilines is 1. The van der Waals surface area contributed by atoms with Crippen LogP contribution in [0.1, 0.15) is 10.4 Å². The summed E-state index contributed by atoms with van der Waals surface area (Å²) in [4.78, 5) is 35.4. The highest BCUT2D eigenvalue weighted by Crippen LogP contribution is 2.12. The van der Waals surface area contributed by atoms with E-state index in [0.29, 0.717) is 17.0 Å². The second kappa shape index (κ2) is 10.3. The number of carbonyl (C=O) groups is 3. The van der Waals surface area contributed by atoms with E-state index < -0.39 is 11.8 Å². The third-order valence-electron chi connectivity index (χ3n) is 3.36. The number of halogens is 1. The summed E-state index contributed by atoms with van der Waals surface area (Å²) in [6.07, 6.45) is 0. The predicted molar refractivity (Wildman–Crippen MR) is 101 cm³/mol. The van der Waals surface area contributed by atoms with Gasteiger partial charge in [-0.2, -0.15) is 0 Å². The zero-order chi connectivity index (χ0) is 19.6. The number of nitrogens with one attached hydrogen (secondary N) is 1. The predicted octanol–water partition coefficient (Wildman–Crippen LogP) is 2.93. The molecule has 0 fully saturated rings. The van der Waals surface area contributed by atoms with E-state index in [9.17, 15) is 18.8 Å². The molecule has 0 aliphatic rings. The Morgan fingerprint density at radius 2 is 1.67 bits per heavy atom. The molecule has 0 heterocycles. The number of benzene rings is 2. The van der Waals surface area contributed by atoms with Gasteiger partial charge in [-0.1, -0.05) is 0 Å². The van der Waals surface area contributed by atoms with E-state index in [0.717, 1.165) is 11.8 Å². The molecule has 0 atom stereocenters. The lowest BCUT2D eigenvalue weighted by atomic mass is 10.1. The number of hydrogen-bond acceptors (Lipinski definition) is 6. The Morgan fingerprint density at radius 1 is 1.00 bits per heavy atom. The van der Waals surface area contributed by atoms with Gasteiger partial charge in [-0.05, 0) is 48.5 Å². The highest BCUT2D eigenvalue weighted by atomic mass is 32.2. The average Bonchev–Trinajstić information content (AvgIpc) is 2.68. The third-order valence-corrected chi connectivity index (χ3v) is 4.26. The first-order chi connectivity index (χ1) is 13.0. The Hall–Kier alpha value is -2.87. The molecule has 27 heavy (non-hydrogen) atoms. The number of rotatable bonds is 9. The molecule has 2 rings (SSSR count). The van der Waals surface area contributed by atoms with Crippen molar-refractivity contribution in [3.8, 4) is 5.75 Å². The van der Waals surface area contributed by atoms with Crippen molar-refractivity contribution in [2.24, 2.45) is 0 Å². The molecule has 1 N–H and O–H groups in total. The summed E-state index contributed by atoms with van der Waals surface area (Å²) in [6, 6.07) is 11.8. The van der Waals surface area contributed by atoms with Gasteiger partial charge in [-0.15, -0.1) is 11.8 Å². The van der Waals surface area contributed by atoms with Gasteiger partial charge in [0.05, 0.1) is 18.6 Å². The van der Waals surface area contributed by atoms with E-state index in [-0.39, 0.29) is 29.8 Å². The van der Waals surface area contributed by atoms with Crippen molar-refractivity contribution in [2.45, 2.75) is 0 Å². The van der Waals surface area contributed by atoms with Gasteiger partial charge >= 0.3 is 5.97 Å². The molecule has 0 spiro atoms. The van der Waals surface area contributed by atoms with Crippen LogP contribution < -0.4 is 10.1 Å². The van der Waals surface area contributed by atoms with Gasteiger partial charge in [-0.25, -0.2) is 4.39 Å². The van der Waals surface area contributed by atoms with Gasteiger partial charge in [0.25, 0.3) is 0 Å². The number of esters is 1. The van der Waals surface area contributed by atoms with Crippen LogP contribution in [0.2, 0.25) is 0 Å². The van der Waals surface area contributed by atoms with Crippen LogP contribution in [0.3, 0.4) is 0 Å². The molecule has 8 heteroatoms. The number of thioether (sulfide) groups is 1. The molecule has 6 nitrogen and oxygen atoms in total. The lowest BCUT2D eigenvalue weighted by Crippen LogP contribution is -2.18. The average molecular weight is 391 g/mol. The van der Waals surface area contributed by atoms with Crippen molar-refractivity contribution < 1.29 is 28.2 Å². The molecule has 0 radical (unpaired) electrons. The van der Waals surface area contributed by atoms with Crippen LogP contribution in [0, 0.1) is 5.82 Å². The number of methoxy groups -OCH3 is 1. The SMILES string of the molecule is COc1ccc(C(=O)COC(=O)CSCC(=O)Nc2ccc(F)cc2)cc1. The summed E-state index contributed by atoms with van der Waals surface area (Å²) >= 11 is 1.06. The standard InChI is InChI=1S/C19H18FNO5S/c1-25-16-8-2-13(3-9-16)17(22)10-26-19(24)12-27-11-18(23)21-15-6-4-14(20)5-7-15/h2-9H,10-12H2,1H3,(H,21,23). The van der Waals surface area contributed by atoms with Crippen molar-refractivity contribution in [3.05, 3.63) is 59.9 Å². The second-order valence-electron chi connectivity index (χ2n) is 5.36. The minimum atomic E-state index is -0.587. The summed E-state index contributed by atoms with van der Waals surface area (Å²) in [5.74, 6) is -1.05. The number of carbonyl (C=O) groups excluding carboxylic acids is 3. The molecule has 2 aromatic rings. The van der Waals surface area contributed by atoms with E-state index in [2.05, 4.69) is 5.32 Å². The van der Waals surface area contributed by atoms with Gasteiger partial charge in [-0.3, -0.25) is 14.4 Å². The quantitative estimate of drug-likeness (QED) is 0.523. The smallest absolute Gasteiger partial charge is 0.316 e. The molecule has 0 unspecified atom stereocenters. The Kier molecular flexibility index (Phi) is 7.81. The Morgan fingerprint density at radius 3 is 2.30 bits per heavy atom. The minimum absolute atomic E-state index is 0.0267. The second-order valence-corrected chi connectivity index (χ2v) is 6.35. The van der Waals surface area contributed by atoms with Gasteiger partial charge < -0.3 is 14.8 Å². The summed E-state index contributed by atoms with van der Waals surface area (Å²) in [5, 5.41) is 2.58. The van der Waals surface area contributed by atoms with Crippen molar-refractivity contribution in [1.82, 2.24) is 0 Å². The molecule has 2 aromatic carbocycles. The molecule has 0 aliphatic carbocycles. The van der Waals surface area contributed by atoms with Crippen LogP contribution in [0.15, 0.2) is 48.5 Å². The molecule has 0 aliphatic heterocycles. The van der Waals surface area contributed by atoms with Crippen LogP contribution in [-0.4, -0.2) is 42.9 Å². The normalized spacial score (nSPS) is 10.1. The summed E-state index contributed by atoms with van der Waals surface area (Å²) in [7, 11) is 1.52. The van der Waals surface area contributed by atoms with Gasteiger partial charge in [0.2, 0.25) is 5.91 Å². The Balaban J connectivity index is 1.65. The lowest BCUT2D eigenvalue weighted by Gasteiger charge is -2.06. The maximum Gasteiger partial charge on any atom is 0.316 e. The number of ketones is 1. The largest absolute Gasteiger partial charge is 0.497 e. The van der Waals surface area contributed by atoms with Crippen molar-refractivity contribution in [2.75, 3.05) is 30.5 Å². The van der Waals surface area contributed by atoms with Crippen molar-refractivity contribution in [1.29, 1.82) is 0 Å².